The summed E-state index contributed by atoms with van der Waals surface area (Å²) in [5, 5.41) is 1.69. The maximum atomic E-state index is 12.1. The van der Waals surface area contributed by atoms with E-state index in [0.717, 1.165) is 13.1 Å². The number of anilines is 1. The molecule has 8 heteroatoms. The largest absolute Gasteiger partial charge is 0.397 e. The lowest BCUT2D eigenvalue weighted by Gasteiger charge is -2.32. The van der Waals surface area contributed by atoms with Crippen molar-refractivity contribution in [2.75, 3.05) is 39.0 Å². The van der Waals surface area contributed by atoms with E-state index in [1.807, 2.05) is 7.05 Å². The molecular formula is C10H17N5O2S. The van der Waals surface area contributed by atoms with Crippen LogP contribution in [0.15, 0.2) is 23.4 Å². The van der Waals surface area contributed by atoms with Gasteiger partial charge in [-0.25, -0.2) is 13.4 Å². The van der Waals surface area contributed by atoms with Crippen molar-refractivity contribution in [2.24, 2.45) is 0 Å². The smallest absolute Gasteiger partial charge is 0.255 e. The van der Waals surface area contributed by atoms with Gasteiger partial charge >= 0.3 is 0 Å². The number of nitrogens with one attached hydrogen (secondary N) is 1. The molecule has 100 valence electrons. The van der Waals surface area contributed by atoms with Gasteiger partial charge in [0.2, 0.25) is 0 Å². The molecule has 0 bridgehead atoms. The zero-order valence-corrected chi connectivity index (χ0v) is 11.0. The van der Waals surface area contributed by atoms with Crippen LogP contribution in [0.5, 0.6) is 0 Å². The predicted octanol–water partition coefficient (Wildman–Crippen LogP) is -0.895. The maximum Gasteiger partial charge on any atom is 0.255 e. The van der Waals surface area contributed by atoms with Crippen LogP contribution in [0.25, 0.3) is 0 Å². The van der Waals surface area contributed by atoms with Crippen LogP contribution in [0.3, 0.4) is 0 Å². The molecule has 0 saturated carbocycles. The molecule has 18 heavy (non-hydrogen) atoms. The highest BCUT2D eigenvalue weighted by molar-refractivity contribution is 7.89. The summed E-state index contributed by atoms with van der Waals surface area (Å²) in [6.07, 6.45) is 2.70. The van der Waals surface area contributed by atoms with Gasteiger partial charge in [-0.2, -0.15) is 0 Å². The maximum absolute atomic E-state index is 12.1. The number of rotatable bonds is 3. The Hall–Kier alpha value is -1.22. The average Bonchev–Trinajstić information content (AvgIpc) is 2.32. The molecule has 2 heterocycles. The highest BCUT2D eigenvalue weighted by atomic mass is 32.2. The third kappa shape index (κ3) is 3.16. The van der Waals surface area contributed by atoms with Crippen molar-refractivity contribution in [3.05, 3.63) is 18.5 Å². The molecule has 1 aliphatic heterocycles. The molecule has 0 aliphatic carbocycles. The molecular weight excluding hydrogens is 254 g/mol. The summed E-state index contributed by atoms with van der Waals surface area (Å²) in [5.74, 6) is 0. The Morgan fingerprint density at radius 1 is 1.28 bits per heavy atom. The second-order valence-corrected chi connectivity index (χ2v) is 6.00. The van der Waals surface area contributed by atoms with Crippen LogP contribution in [-0.2, 0) is 10.0 Å². The fraction of sp³-hybridized carbons (Fsp3) is 0.500. The first-order valence-electron chi connectivity index (χ1n) is 5.64. The van der Waals surface area contributed by atoms with E-state index in [1.54, 1.807) is 5.01 Å². The SMILES string of the molecule is CN1CCN(NS(=O)(=O)c2cncc(N)c2)CC1. The van der Waals surface area contributed by atoms with Crippen LogP contribution in [0.1, 0.15) is 0 Å². The lowest BCUT2D eigenvalue weighted by Crippen LogP contribution is -2.52. The first kappa shape index (κ1) is 13.2. The van der Waals surface area contributed by atoms with Gasteiger partial charge in [-0.05, 0) is 13.1 Å². The van der Waals surface area contributed by atoms with Crippen LogP contribution in [-0.4, -0.2) is 56.5 Å². The minimum absolute atomic E-state index is 0.0847. The van der Waals surface area contributed by atoms with Crippen molar-refractivity contribution in [2.45, 2.75) is 4.90 Å². The molecule has 0 radical (unpaired) electrons. The minimum Gasteiger partial charge on any atom is -0.397 e. The van der Waals surface area contributed by atoms with Gasteiger partial charge in [0, 0.05) is 38.6 Å². The van der Waals surface area contributed by atoms with Gasteiger partial charge in [0.15, 0.2) is 0 Å². The van der Waals surface area contributed by atoms with E-state index in [-0.39, 0.29) is 4.90 Å². The summed E-state index contributed by atoms with van der Waals surface area (Å²) in [6.45, 7) is 2.98. The van der Waals surface area contributed by atoms with Gasteiger partial charge < -0.3 is 10.6 Å². The number of hydrogen-bond donors (Lipinski definition) is 2. The van der Waals surface area contributed by atoms with Gasteiger partial charge in [-0.1, -0.05) is 0 Å². The molecule has 2 rings (SSSR count). The van der Waals surface area contributed by atoms with E-state index in [9.17, 15) is 8.42 Å². The molecule has 1 aliphatic rings. The average molecular weight is 271 g/mol. The zero-order chi connectivity index (χ0) is 13.2. The number of piperazine rings is 1. The summed E-state index contributed by atoms with van der Waals surface area (Å²) in [6, 6.07) is 1.39. The fourth-order valence-corrected chi connectivity index (χ4v) is 2.82. The Morgan fingerprint density at radius 2 is 1.94 bits per heavy atom. The van der Waals surface area contributed by atoms with Crippen molar-refractivity contribution >= 4 is 15.7 Å². The summed E-state index contributed by atoms with van der Waals surface area (Å²) < 4.78 is 24.1. The first-order chi connectivity index (χ1) is 8.47. The Balaban J connectivity index is 2.08. The molecule has 1 aromatic heterocycles. The number of nitrogens with two attached hydrogens (primary N) is 1. The molecule has 0 amide bonds. The molecule has 1 fully saturated rings. The van der Waals surface area contributed by atoms with Crippen LogP contribution >= 0.6 is 0 Å². The fourth-order valence-electron chi connectivity index (χ4n) is 1.70. The zero-order valence-electron chi connectivity index (χ0n) is 10.2. The van der Waals surface area contributed by atoms with Crippen molar-refractivity contribution in [3.63, 3.8) is 0 Å². The summed E-state index contributed by atoms with van der Waals surface area (Å²) >= 11 is 0. The number of hydrogen-bond acceptors (Lipinski definition) is 6. The number of aromatic nitrogens is 1. The Kier molecular flexibility index (Phi) is 3.81. The van der Waals surface area contributed by atoms with Crippen molar-refractivity contribution in [3.8, 4) is 0 Å². The molecule has 0 atom stereocenters. The monoisotopic (exact) mass is 271 g/mol. The molecule has 7 nitrogen and oxygen atoms in total. The van der Waals surface area contributed by atoms with Crippen molar-refractivity contribution < 1.29 is 8.42 Å². The van der Waals surface area contributed by atoms with Crippen molar-refractivity contribution in [1.29, 1.82) is 0 Å². The van der Waals surface area contributed by atoms with E-state index in [1.165, 1.54) is 18.5 Å². The number of nitrogens with zero attached hydrogens (tertiary/aromatic N) is 3. The topological polar surface area (TPSA) is 91.6 Å². The van der Waals surface area contributed by atoms with Gasteiger partial charge in [0.25, 0.3) is 10.0 Å². The second kappa shape index (κ2) is 5.19. The summed E-state index contributed by atoms with van der Waals surface area (Å²) in [7, 11) is -1.58. The van der Waals surface area contributed by atoms with E-state index in [2.05, 4.69) is 14.7 Å². The molecule has 0 aromatic carbocycles. The number of likely N-dealkylation sites (N-methyl/N-ethyl adjacent to an activating group) is 1. The van der Waals surface area contributed by atoms with Crippen LogP contribution in [0, 0.1) is 0 Å². The van der Waals surface area contributed by atoms with E-state index < -0.39 is 10.0 Å². The molecule has 0 spiro atoms. The number of sulfonamides is 1. The quantitative estimate of drug-likeness (QED) is 0.740. The molecule has 0 unspecified atom stereocenters. The van der Waals surface area contributed by atoms with Gasteiger partial charge in [-0.15, -0.1) is 4.83 Å². The first-order valence-corrected chi connectivity index (χ1v) is 7.12. The third-order valence-electron chi connectivity index (χ3n) is 2.80. The normalized spacial score (nSPS) is 18.9. The minimum atomic E-state index is -3.58. The lowest BCUT2D eigenvalue weighted by molar-refractivity contribution is 0.135. The number of pyridine rings is 1. The van der Waals surface area contributed by atoms with E-state index >= 15 is 0 Å². The van der Waals surface area contributed by atoms with Crippen molar-refractivity contribution in [1.82, 2.24) is 19.7 Å². The summed E-state index contributed by atoms with van der Waals surface area (Å²) in [4.78, 5) is 8.56. The number of nitrogen functional groups attached to an aromatic ring is 1. The molecule has 3 N–H and O–H groups in total. The standard InChI is InChI=1S/C10H17N5O2S/c1-14-2-4-15(5-3-14)13-18(16,17)10-6-9(11)7-12-8-10/h6-8,13H,2-5,11H2,1H3. The summed E-state index contributed by atoms with van der Waals surface area (Å²) in [5.41, 5.74) is 5.86. The molecule has 1 saturated heterocycles. The van der Waals surface area contributed by atoms with Gasteiger partial charge in [0.05, 0.1) is 5.69 Å². The Morgan fingerprint density at radius 3 is 2.56 bits per heavy atom. The number of hydrazine groups is 1. The second-order valence-electron chi connectivity index (χ2n) is 4.34. The third-order valence-corrected chi connectivity index (χ3v) is 4.14. The highest BCUT2D eigenvalue weighted by Crippen LogP contribution is 2.11. The van der Waals surface area contributed by atoms with Gasteiger partial charge in [0.1, 0.15) is 4.90 Å². The van der Waals surface area contributed by atoms with E-state index in [0.29, 0.717) is 18.8 Å². The Labute approximate surface area is 107 Å². The molecule has 1 aromatic rings. The van der Waals surface area contributed by atoms with Crippen LogP contribution in [0.2, 0.25) is 0 Å². The predicted molar refractivity (Wildman–Crippen MR) is 68.0 cm³/mol. The highest BCUT2D eigenvalue weighted by Gasteiger charge is 2.21. The van der Waals surface area contributed by atoms with Crippen LogP contribution in [0.4, 0.5) is 5.69 Å². The Bertz CT molecular complexity index is 511. The van der Waals surface area contributed by atoms with E-state index in [4.69, 9.17) is 5.73 Å². The lowest BCUT2D eigenvalue weighted by atomic mass is 10.4. The van der Waals surface area contributed by atoms with Crippen LogP contribution < -0.4 is 10.6 Å². The van der Waals surface area contributed by atoms with Gasteiger partial charge in [-0.3, -0.25) is 4.98 Å².